The molecule has 1 N–H and O–H groups in total. The predicted octanol–water partition coefficient (Wildman–Crippen LogP) is 2.09. The lowest BCUT2D eigenvalue weighted by Gasteiger charge is -2.34. The van der Waals surface area contributed by atoms with Gasteiger partial charge < -0.3 is 14.7 Å². The molecule has 2 rings (SSSR count). The molecule has 0 saturated carbocycles. The standard InChI is InChI=1S/C16H21NO4/c1-21-15(13-7-3-2-4-8-13)16(20)17-9-5-6-12(11-17)10-14(18)19/h2-4,7-8,12,15H,5-6,9-11H2,1H3,(H,18,19). The number of hydrogen-bond donors (Lipinski definition) is 1. The molecule has 21 heavy (non-hydrogen) atoms. The quantitative estimate of drug-likeness (QED) is 0.902. The Balaban J connectivity index is 2.05. The second kappa shape index (κ2) is 7.22. The third kappa shape index (κ3) is 4.04. The zero-order valence-electron chi connectivity index (χ0n) is 12.2. The number of carboxylic acid groups (broad SMARTS) is 1. The number of ether oxygens (including phenoxy) is 1. The molecule has 1 aliphatic rings. The van der Waals surface area contributed by atoms with Gasteiger partial charge in [0.25, 0.3) is 5.91 Å². The van der Waals surface area contributed by atoms with Gasteiger partial charge >= 0.3 is 5.97 Å². The summed E-state index contributed by atoms with van der Waals surface area (Å²) < 4.78 is 5.36. The van der Waals surface area contributed by atoms with E-state index in [1.807, 2.05) is 30.3 Å². The van der Waals surface area contributed by atoms with Crippen molar-refractivity contribution in [3.63, 3.8) is 0 Å². The van der Waals surface area contributed by atoms with E-state index < -0.39 is 12.1 Å². The van der Waals surface area contributed by atoms with Crippen molar-refractivity contribution in [1.29, 1.82) is 0 Å². The first-order chi connectivity index (χ1) is 10.1. The summed E-state index contributed by atoms with van der Waals surface area (Å²) >= 11 is 0. The number of carboxylic acids is 1. The van der Waals surface area contributed by atoms with Gasteiger partial charge in [-0.05, 0) is 24.3 Å². The monoisotopic (exact) mass is 291 g/mol. The van der Waals surface area contributed by atoms with Crippen molar-refractivity contribution in [2.75, 3.05) is 20.2 Å². The first-order valence-electron chi connectivity index (χ1n) is 7.20. The molecule has 1 aromatic carbocycles. The molecule has 1 amide bonds. The summed E-state index contributed by atoms with van der Waals surface area (Å²) in [5.74, 6) is -0.854. The number of benzene rings is 1. The Morgan fingerprint density at radius 2 is 2.10 bits per heavy atom. The minimum atomic E-state index is -0.805. The number of nitrogens with zero attached hydrogens (tertiary/aromatic N) is 1. The average Bonchev–Trinajstić information content (AvgIpc) is 2.48. The molecule has 0 spiro atoms. The van der Waals surface area contributed by atoms with Crippen LogP contribution in [-0.4, -0.2) is 42.1 Å². The Bertz CT molecular complexity index is 488. The van der Waals surface area contributed by atoms with Gasteiger partial charge in [0.05, 0.1) is 0 Å². The maximum Gasteiger partial charge on any atom is 0.303 e. The predicted molar refractivity (Wildman–Crippen MR) is 77.7 cm³/mol. The van der Waals surface area contributed by atoms with Crippen molar-refractivity contribution in [2.45, 2.75) is 25.4 Å². The smallest absolute Gasteiger partial charge is 0.303 e. The summed E-state index contributed by atoms with van der Waals surface area (Å²) in [4.78, 5) is 25.2. The molecule has 0 radical (unpaired) electrons. The van der Waals surface area contributed by atoms with E-state index in [1.54, 1.807) is 4.90 Å². The fourth-order valence-corrected chi connectivity index (χ4v) is 2.85. The highest BCUT2D eigenvalue weighted by Gasteiger charge is 2.30. The van der Waals surface area contributed by atoms with Gasteiger partial charge in [0, 0.05) is 26.6 Å². The molecule has 1 aliphatic heterocycles. The molecule has 114 valence electrons. The Kier molecular flexibility index (Phi) is 5.33. The first-order valence-corrected chi connectivity index (χ1v) is 7.20. The van der Waals surface area contributed by atoms with Crippen LogP contribution in [0.1, 0.15) is 30.9 Å². The molecule has 0 bridgehead atoms. The van der Waals surface area contributed by atoms with Gasteiger partial charge in [0.15, 0.2) is 6.10 Å². The van der Waals surface area contributed by atoms with Crippen LogP contribution in [0.25, 0.3) is 0 Å². The van der Waals surface area contributed by atoms with Gasteiger partial charge in [-0.2, -0.15) is 0 Å². The first kappa shape index (κ1) is 15.5. The normalized spacial score (nSPS) is 20.0. The van der Waals surface area contributed by atoms with Gasteiger partial charge in [0.1, 0.15) is 0 Å². The van der Waals surface area contributed by atoms with E-state index in [9.17, 15) is 9.59 Å². The number of amides is 1. The third-order valence-corrected chi connectivity index (χ3v) is 3.86. The maximum atomic E-state index is 12.6. The molecule has 0 aromatic heterocycles. The number of hydrogen-bond acceptors (Lipinski definition) is 3. The fourth-order valence-electron chi connectivity index (χ4n) is 2.85. The summed E-state index contributed by atoms with van der Waals surface area (Å²) in [7, 11) is 1.52. The van der Waals surface area contributed by atoms with Crippen molar-refractivity contribution in [3.05, 3.63) is 35.9 Å². The van der Waals surface area contributed by atoms with Crippen LogP contribution in [-0.2, 0) is 14.3 Å². The van der Waals surface area contributed by atoms with E-state index in [0.717, 1.165) is 18.4 Å². The molecule has 1 fully saturated rings. The number of aliphatic carboxylic acids is 1. The molecule has 1 heterocycles. The van der Waals surface area contributed by atoms with E-state index in [4.69, 9.17) is 9.84 Å². The molecule has 1 aromatic rings. The lowest BCUT2D eigenvalue weighted by atomic mass is 9.94. The van der Waals surface area contributed by atoms with Crippen LogP contribution in [0.5, 0.6) is 0 Å². The Morgan fingerprint density at radius 1 is 1.38 bits per heavy atom. The van der Waals surface area contributed by atoms with Gasteiger partial charge in [-0.3, -0.25) is 9.59 Å². The zero-order valence-corrected chi connectivity index (χ0v) is 12.2. The molecular weight excluding hydrogens is 270 g/mol. The van der Waals surface area contributed by atoms with Crippen molar-refractivity contribution < 1.29 is 19.4 Å². The highest BCUT2D eigenvalue weighted by molar-refractivity contribution is 5.82. The second-order valence-electron chi connectivity index (χ2n) is 5.42. The van der Waals surface area contributed by atoms with Crippen molar-refractivity contribution >= 4 is 11.9 Å². The second-order valence-corrected chi connectivity index (χ2v) is 5.42. The van der Waals surface area contributed by atoms with Crippen LogP contribution in [0.4, 0.5) is 0 Å². The maximum absolute atomic E-state index is 12.6. The van der Waals surface area contributed by atoms with Gasteiger partial charge in [0.2, 0.25) is 0 Å². The number of carbonyl (C=O) groups is 2. The van der Waals surface area contributed by atoms with Gasteiger partial charge in [-0.15, -0.1) is 0 Å². The van der Waals surface area contributed by atoms with Gasteiger partial charge in [-0.1, -0.05) is 30.3 Å². The van der Waals surface area contributed by atoms with Crippen molar-refractivity contribution in [3.8, 4) is 0 Å². The van der Waals surface area contributed by atoms with Crippen molar-refractivity contribution in [1.82, 2.24) is 4.90 Å². The number of likely N-dealkylation sites (tertiary alicyclic amines) is 1. The fraction of sp³-hybridized carbons (Fsp3) is 0.500. The highest BCUT2D eigenvalue weighted by atomic mass is 16.5. The summed E-state index contributed by atoms with van der Waals surface area (Å²) in [6, 6.07) is 9.37. The van der Waals surface area contributed by atoms with Crippen LogP contribution >= 0.6 is 0 Å². The summed E-state index contributed by atoms with van der Waals surface area (Å²) in [5, 5.41) is 8.90. The third-order valence-electron chi connectivity index (χ3n) is 3.86. The largest absolute Gasteiger partial charge is 0.481 e. The number of methoxy groups -OCH3 is 1. The van der Waals surface area contributed by atoms with E-state index in [1.165, 1.54) is 7.11 Å². The summed E-state index contributed by atoms with van der Waals surface area (Å²) in [6.07, 6.45) is 1.20. The highest BCUT2D eigenvalue weighted by Crippen LogP contribution is 2.25. The molecule has 1 saturated heterocycles. The van der Waals surface area contributed by atoms with E-state index in [-0.39, 0.29) is 18.2 Å². The zero-order chi connectivity index (χ0) is 15.2. The van der Waals surface area contributed by atoms with Crippen LogP contribution in [0.3, 0.4) is 0 Å². The number of piperidine rings is 1. The molecule has 2 atom stereocenters. The minimum absolute atomic E-state index is 0.0356. The molecule has 2 unspecified atom stereocenters. The van der Waals surface area contributed by atoms with E-state index >= 15 is 0 Å². The molecule has 5 nitrogen and oxygen atoms in total. The van der Waals surface area contributed by atoms with Crippen LogP contribution in [0.2, 0.25) is 0 Å². The molecular formula is C16H21NO4. The lowest BCUT2D eigenvalue weighted by Crippen LogP contribution is -2.43. The van der Waals surface area contributed by atoms with E-state index in [0.29, 0.717) is 13.1 Å². The van der Waals surface area contributed by atoms with Crippen LogP contribution in [0, 0.1) is 5.92 Å². The topological polar surface area (TPSA) is 66.8 Å². The van der Waals surface area contributed by atoms with Crippen LogP contribution in [0.15, 0.2) is 30.3 Å². The Labute approximate surface area is 124 Å². The van der Waals surface area contributed by atoms with Crippen LogP contribution < -0.4 is 0 Å². The summed E-state index contributed by atoms with van der Waals surface area (Å²) in [6.45, 7) is 1.17. The minimum Gasteiger partial charge on any atom is -0.481 e. The van der Waals surface area contributed by atoms with E-state index in [2.05, 4.69) is 0 Å². The van der Waals surface area contributed by atoms with Crippen molar-refractivity contribution in [2.24, 2.45) is 5.92 Å². The number of rotatable bonds is 5. The lowest BCUT2D eigenvalue weighted by molar-refractivity contribution is -0.146. The number of carbonyl (C=O) groups excluding carboxylic acids is 1. The average molecular weight is 291 g/mol. The van der Waals surface area contributed by atoms with Gasteiger partial charge in [-0.25, -0.2) is 0 Å². The Morgan fingerprint density at radius 3 is 2.71 bits per heavy atom. The SMILES string of the molecule is COC(C(=O)N1CCCC(CC(=O)O)C1)c1ccccc1. The summed E-state index contributed by atoms with van der Waals surface area (Å²) in [5.41, 5.74) is 0.824. The molecule has 0 aliphatic carbocycles. The molecule has 5 heteroatoms. The Hall–Kier alpha value is -1.88.